The second-order valence-electron chi connectivity index (χ2n) is 4.12. The van der Waals surface area contributed by atoms with Crippen molar-refractivity contribution >= 4 is 5.91 Å². The highest BCUT2D eigenvalue weighted by atomic mass is 16.3. The van der Waals surface area contributed by atoms with Crippen LogP contribution in [0.1, 0.15) is 34.4 Å². The van der Waals surface area contributed by atoms with Crippen molar-refractivity contribution in [2.45, 2.75) is 33.9 Å². The van der Waals surface area contributed by atoms with Crippen molar-refractivity contribution in [2.24, 2.45) is 0 Å². The number of aromatic nitrogens is 2. The van der Waals surface area contributed by atoms with E-state index in [1.165, 1.54) is 0 Å². The first-order chi connectivity index (χ1) is 8.63. The highest BCUT2D eigenvalue weighted by Gasteiger charge is 2.17. The van der Waals surface area contributed by atoms with E-state index in [9.17, 15) is 4.79 Å². The van der Waals surface area contributed by atoms with Crippen LogP contribution in [0, 0.1) is 13.8 Å². The van der Waals surface area contributed by atoms with Gasteiger partial charge in [0.1, 0.15) is 5.76 Å². The smallest absolute Gasteiger partial charge is 0.255 e. The molecule has 2 aromatic heterocycles. The quantitative estimate of drug-likeness (QED) is 0.899. The van der Waals surface area contributed by atoms with E-state index in [2.05, 4.69) is 10.4 Å². The molecular formula is C13H17N3O2. The third kappa shape index (κ3) is 2.30. The Balaban J connectivity index is 2.11. The number of carbonyl (C=O) groups excluding carboxylic acids is 1. The van der Waals surface area contributed by atoms with E-state index in [-0.39, 0.29) is 5.91 Å². The Kier molecular flexibility index (Phi) is 3.50. The molecule has 2 aromatic rings. The standard InChI is InChI=1S/C13H17N3O2/c1-4-16-10(3)12(9(2)15-16)13(17)14-8-11-6-5-7-18-11/h5-7H,4,8H2,1-3H3,(H,14,17). The number of hydrogen-bond acceptors (Lipinski definition) is 3. The van der Waals surface area contributed by atoms with Gasteiger partial charge in [-0.1, -0.05) is 0 Å². The summed E-state index contributed by atoms with van der Waals surface area (Å²) in [7, 11) is 0. The van der Waals surface area contributed by atoms with Gasteiger partial charge < -0.3 is 9.73 Å². The normalized spacial score (nSPS) is 10.6. The van der Waals surface area contributed by atoms with Crippen LogP contribution in [0.25, 0.3) is 0 Å². The first-order valence-electron chi connectivity index (χ1n) is 5.98. The predicted molar refractivity (Wildman–Crippen MR) is 67.3 cm³/mol. The van der Waals surface area contributed by atoms with Crippen LogP contribution in [0.15, 0.2) is 22.8 Å². The Morgan fingerprint density at radius 3 is 2.83 bits per heavy atom. The zero-order valence-corrected chi connectivity index (χ0v) is 10.9. The molecule has 0 unspecified atom stereocenters. The Morgan fingerprint density at radius 2 is 2.28 bits per heavy atom. The minimum atomic E-state index is -0.110. The van der Waals surface area contributed by atoms with Gasteiger partial charge >= 0.3 is 0 Å². The monoisotopic (exact) mass is 247 g/mol. The summed E-state index contributed by atoms with van der Waals surface area (Å²) in [4.78, 5) is 12.1. The van der Waals surface area contributed by atoms with E-state index in [1.54, 1.807) is 12.3 Å². The van der Waals surface area contributed by atoms with Crippen LogP contribution in [0.3, 0.4) is 0 Å². The highest BCUT2D eigenvalue weighted by molar-refractivity contribution is 5.96. The molecule has 0 bridgehead atoms. The molecule has 0 aliphatic carbocycles. The zero-order valence-electron chi connectivity index (χ0n) is 10.9. The molecule has 1 N–H and O–H groups in total. The maximum absolute atomic E-state index is 12.1. The molecular weight excluding hydrogens is 230 g/mol. The number of amides is 1. The molecule has 0 fully saturated rings. The molecule has 5 nitrogen and oxygen atoms in total. The number of furan rings is 1. The minimum Gasteiger partial charge on any atom is -0.467 e. The van der Waals surface area contributed by atoms with Crippen molar-refractivity contribution in [1.82, 2.24) is 15.1 Å². The second kappa shape index (κ2) is 5.08. The maximum atomic E-state index is 12.1. The lowest BCUT2D eigenvalue weighted by molar-refractivity contribution is 0.0946. The molecule has 2 rings (SSSR count). The number of nitrogens with zero attached hydrogens (tertiary/aromatic N) is 2. The van der Waals surface area contributed by atoms with Gasteiger partial charge in [0.15, 0.2) is 0 Å². The van der Waals surface area contributed by atoms with Crippen LogP contribution in [-0.2, 0) is 13.1 Å². The van der Waals surface area contributed by atoms with Crippen LogP contribution in [0.4, 0.5) is 0 Å². The van der Waals surface area contributed by atoms with Crippen molar-refractivity contribution in [1.29, 1.82) is 0 Å². The Morgan fingerprint density at radius 1 is 1.50 bits per heavy atom. The molecule has 0 aliphatic rings. The average Bonchev–Trinajstić information content (AvgIpc) is 2.94. The Bertz CT molecular complexity index is 541. The summed E-state index contributed by atoms with van der Waals surface area (Å²) in [5.74, 6) is 0.627. The highest BCUT2D eigenvalue weighted by Crippen LogP contribution is 2.13. The summed E-state index contributed by atoms with van der Waals surface area (Å²) in [6.07, 6.45) is 1.59. The van der Waals surface area contributed by atoms with Gasteiger partial charge in [0.05, 0.1) is 24.1 Å². The minimum absolute atomic E-state index is 0.110. The second-order valence-corrected chi connectivity index (χ2v) is 4.12. The molecule has 0 spiro atoms. The van der Waals surface area contributed by atoms with Crippen LogP contribution < -0.4 is 5.32 Å². The zero-order chi connectivity index (χ0) is 13.1. The molecule has 0 radical (unpaired) electrons. The summed E-state index contributed by atoms with van der Waals surface area (Å²) in [5.41, 5.74) is 2.31. The van der Waals surface area contributed by atoms with E-state index in [1.807, 2.05) is 31.5 Å². The van der Waals surface area contributed by atoms with Crippen molar-refractivity contribution in [3.8, 4) is 0 Å². The third-order valence-electron chi connectivity index (χ3n) is 2.91. The van der Waals surface area contributed by atoms with E-state index < -0.39 is 0 Å². The fraction of sp³-hybridized carbons (Fsp3) is 0.385. The number of rotatable bonds is 4. The third-order valence-corrected chi connectivity index (χ3v) is 2.91. The van der Waals surface area contributed by atoms with Gasteiger partial charge in [-0.3, -0.25) is 9.48 Å². The fourth-order valence-corrected chi connectivity index (χ4v) is 2.00. The van der Waals surface area contributed by atoms with Crippen molar-refractivity contribution in [3.05, 3.63) is 41.1 Å². The van der Waals surface area contributed by atoms with Crippen molar-refractivity contribution in [3.63, 3.8) is 0 Å². The first-order valence-corrected chi connectivity index (χ1v) is 5.98. The number of carbonyl (C=O) groups is 1. The summed E-state index contributed by atoms with van der Waals surface area (Å²) < 4.78 is 7.00. The summed E-state index contributed by atoms with van der Waals surface area (Å²) in [5, 5.41) is 7.16. The molecule has 1 amide bonds. The number of aryl methyl sites for hydroxylation is 2. The van der Waals surface area contributed by atoms with Crippen molar-refractivity contribution in [2.75, 3.05) is 0 Å². The van der Waals surface area contributed by atoms with Gasteiger partial charge in [-0.05, 0) is 32.9 Å². The summed E-state index contributed by atoms with van der Waals surface area (Å²) >= 11 is 0. The molecule has 0 saturated carbocycles. The largest absolute Gasteiger partial charge is 0.467 e. The Labute approximate surface area is 106 Å². The predicted octanol–water partition coefficient (Wildman–Crippen LogP) is 2.04. The van der Waals surface area contributed by atoms with Crippen LogP contribution in [0.5, 0.6) is 0 Å². The van der Waals surface area contributed by atoms with Crippen molar-refractivity contribution < 1.29 is 9.21 Å². The molecule has 0 atom stereocenters. The van der Waals surface area contributed by atoms with Gasteiger partial charge in [0, 0.05) is 12.2 Å². The van der Waals surface area contributed by atoms with Gasteiger partial charge in [-0.2, -0.15) is 5.10 Å². The molecule has 0 aromatic carbocycles. The van der Waals surface area contributed by atoms with E-state index in [0.29, 0.717) is 12.1 Å². The first kappa shape index (κ1) is 12.4. The van der Waals surface area contributed by atoms with Crippen LogP contribution in [0.2, 0.25) is 0 Å². The van der Waals surface area contributed by atoms with Gasteiger partial charge in [0.2, 0.25) is 0 Å². The lowest BCUT2D eigenvalue weighted by Crippen LogP contribution is -2.23. The van der Waals surface area contributed by atoms with E-state index in [4.69, 9.17) is 4.42 Å². The molecule has 96 valence electrons. The molecule has 18 heavy (non-hydrogen) atoms. The summed E-state index contributed by atoms with van der Waals surface area (Å²) in [6, 6.07) is 3.63. The SMILES string of the molecule is CCn1nc(C)c(C(=O)NCc2ccco2)c1C. The average molecular weight is 247 g/mol. The molecule has 0 aliphatic heterocycles. The lowest BCUT2D eigenvalue weighted by atomic mass is 10.2. The number of hydrogen-bond donors (Lipinski definition) is 1. The fourth-order valence-electron chi connectivity index (χ4n) is 2.00. The van der Waals surface area contributed by atoms with Crippen LogP contribution >= 0.6 is 0 Å². The van der Waals surface area contributed by atoms with Gasteiger partial charge in [0.25, 0.3) is 5.91 Å². The lowest BCUT2D eigenvalue weighted by Gasteiger charge is -2.04. The molecule has 5 heteroatoms. The van der Waals surface area contributed by atoms with Crippen LogP contribution in [-0.4, -0.2) is 15.7 Å². The molecule has 2 heterocycles. The van der Waals surface area contributed by atoms with E-state index in [0.717, 1.165) is 23.7 Å². The number of nitrogens with one attached hydrogen (secondary N) is 1. The van der Waals surface area contributed by atoms with Gasteiger partial charge in [-0.15, -0.1) is 0 Å². The van der Waals surface area contributed by atoms with Gasteiger partial charge in [-0.25, -0.2) is 0 Å². The topological polar surface area (TPSA) is 60.1 Å². The van der Waals surface area contributed by atoms with E-state index >= 15 is 0 Å². The Hall–Kier alpha value is -2.04. The molecule has 0 saturated heterocycles. The summed E-state index contributed by atoms with van der Waals surface area (Å²) in [6.45, 7) is 6.91. The maximum Gasteiger partial charge on any atom is 0.255 e.